The summed E-state index contributed by atoms with van der Waals surface area (Å²) in [4.78, 5) is 28.3. The van der Waals surface area contributed by atoms with E-state index in [9.17, 15) is 9.59 Å². The lowest BCUT2D eigenvalue weighted by atomic mass is 10.0. The molecule has 1 aromatic rings. The fourth-order valence-electron chi connectivity index (χ4n) is 4.15. The topological polar surface area (TPSA) is 72.9 Å². The van der Waals surface area contributed by atoms with Gasteiger partial charge in [-0.1, -0.05) is 30.3 Å². The molecular weight excluding hydrogens is 330 g/mol. The lowest BCUT2D eigenvalue weighted by molar-refractivity contribution is -0.137. The van der Waals surface area contributed by atoms with Crippen LogP contribution >= 0.6 is 0 Å². The number of carbonyl (C=O) groups excluding carboxylic acids is 1. The van der Waals surface area contributed by atoms with Crippen molar-refractivity contribution in [1.82, 2.24) is 15.1 Å². The van der Waals surface area contributed by atoms with Gasteiger partial charge in [0.25, 0.3) is 0 Å². The highest BCUT2D eigenvalue weighted by molar-refractivity contribution is 5.75. The lowest BCUT2D eigenvalue weighted by Gasteiger charge is -2.42. The van der Waals surface area contributed by atoms with Crippen LogP contribution in [0, 0.1) is 0 Å². The molecule has 0 radical (unpaired) electrons. The molecule has 2 saturated heterocycles. The average Bonchev–Trinajstić information content (AvgIpc) is 3.07. The molecule has 6 nitrogen and oxygen atoms in total. The fraction of sp³-hybridized carbons (Fsp3) is 0.600. The molecule has 3 unspecified atom stereocenters. The number of aliphatic carboxylic acids is 1. The summed E-state index contributed by atoms with van der Waals surface area (Å²) in [6.45, 7) is 4.93. The molecule has 6 heteroatoms. The molecule has 2 fully saturated rings. The van der Waals surface area contributed by atoms with Gasteiger partial charge in [0.05, 0.1) is 0 Å². The number of nitrogens with zero attached hydrogens (tertiary/aromatic N) is 2. The minimum atomic E-state index is -0.828. The largest absolute Gasteiger partial charge is 0.481 e. The quantitative estimate of drug-likeness (QED) is 0.818. The second-order valence-corrected chi connectivity index (χ2v) is 7.56. The van der Waals surface area contributed by atoms with Crippen LogP contribution in [0.5, 0.6) is 0 Å². The molecular formula is C20H29N3O3. The molecule has 2 aliphatic rings. The van der Waals surface area contributed by atoms with Crippen LogP contribution in [0.2, 0.25) is 0 Å². The Balaban J connectivity index is 1.62. The van der Waals surface area contributed by atoms with E-state index in [0.717, 1.165) is 31.6 Å². The summed E-state index contributed by atoms with van der Waals surface area (Å²) in [5.74, 6) is -0.828. The standard InChI is InChI=1S/C20H29N3O3/c1-15-13-22-11-5-8-18(22)14-23(15)20(26)21-17(9-10-19(24)25)12-16-6-3-2-4-7-16/h2-4,6-7,15,17-18H,5,8-14H2,1H3,(H,21,26)(H,24,25). The second kappa shape index (κ2) is 8.54. The van der Waals surface area contributed by atoms with Gasteiger partial charge in [-0.25, -0.2) is 4.79 Å². The van der Waals surface area contributed by atoms with Crippen LogP contribution in [0.1, 0.15) is 38.2 Å². The molecule has 2 N–H and O–H groups in total. The zero-order valence-electron chi connectivity index (χ0n) is 15.4. The Bertz CT molecular complexity index is 622. The van der Waals surface area contributed by atoms with Crippen molar-refractivity contribution in [3.05, 3.63) is 35.9 Å². The normalized spacial score (nSPS) is 24.1. The van der Waals surface area contributed by atoms with Crippen molar-refractivity contribution in [3.8, 4) is 0 Å². The van der Waals surface area contributed by atoms with Gasteiger partial charge in [0, 0.05) is 37.6 Å². The number of benzene rings is 1. The van der Waals surface area contributed by atoms with Crippen LogP contribution in [0.25, 0.3) is 0 Å². The molecule has 2 aliphatic heterocycles. The van der Waals surface area contributed by atoms with E-state index in [1.165, 1.54) is 6.42 Å². The molecule has 2 amide bonds. The van der Waals surface area contributed by atoms with Gasteiger partial charge in [-0.3, -0.25) is 9.69 Å². The van der Waals surface area contributed by atoms with Crippen LogP contribution in [0.15, 0.2) is 30.3 Å². The van der Waals surface area contributed by atoms with Gasteiger partial charge in [-0.05, 0) is 44.7 Å². The minimum absolute atomic E-state index is 0.0593. The summed E-state index contributed by atoms with van der Waals surface area (Å²) in [7, 11) is 0. The molecule has 1 aromatic carbocycles. The van der Waals surface area contributed by atoms with Crippen molar-refractivity contribution in [2.24, 2.45) is 0 Å². The number of nitrogens with one attached hydrogen (secondary N) is 1. The Morgan fingerprint density at radius 2 is 2.04 bits per heavy atom. The summed E-state index contributed by atoms with van der Waals surface area (Å²) < 4.78 is 0. The van der Waals surface area contributed by atoms with Crippen molar-refractivity contribution >= 4 is 12.0 Å². The molecule has 3 rings (SSSR count). The Kier molecular flexibility index (Phi) is 6.14. The summed E-state index contributed by atoms with van der Waals surface area (Å²) in [6, 6.07) is 10.3. The molecule has 26 heavy (non-hydrogen) atoms. The Morgan fingerprint density at radius 3 is 2.77 bits per heavy atom. The maximum atomic E-state index is 12.9. The van der Waals surface area contributed by atoms with Crippen LogP contribution in [-0.4, -0.2) is 64.7 Å². The molecule has 0 spiro atoms. The first-order valence-electron chi connectivity index (χ1n) is 9.60. The number of fused-ring (bicyclic) bond motifs is 1. The van der Waals surface area contributed by atoms with E-state index in [0.29, 0.717) is 18.9 Å². The van der Waals surface area contributed by atoms with E-state index >= 15 is 0 Å². The number of carboxylic acids is 1. The van der Waals surface area contributed by atoms with Gasteiger partial charge < -0.3 is 15.3 Å². The Hall–Kier alpha value is -2.08. The number of hydrogen-bond acceptors (Lipinski definition) is 3. The summed E-state index contributed by atoms with van der Waals surface area (Å²) in [5.41, 5.74) is 1.11. The van der Waals surface area contributed by atoms with Crippen molar-refractivity contribution in [3.63, 3.8) is 0 Å². The highest BCUT2D eigenvalue weighted by atomic mass is 16.4. The fourth-order valence-corrected chi connectivity index (χ4v) is 4.15. The van der Waals surface area contributed by atoms with Gasteiger partial charge in [0.2, 0.25) is 0 Å². The van der Waals surface area contributed by atoms with Crippen LogP contribution in [0.3, 0.4) is 0 Å². The highest BCUT2D eigenvalue weighted by Gasteiger charge is 2.36. The predicted octanol–water partition coefficient (Wildman–Crippen LogP) is 2.34. The van der Waals surface area contributed by atoms with Crippen molar-refractivity contribution in [2.45, 2.75) is 57.2 Å². The smallest absolute Gasteiger partial charge is 0.317 e. The van der Waals surface area contributed by atoms with Gasteiger partial charge in [-0.2, -0.15) is 0 Å². The number of urea groups is 1. The number of carboxylic acid groups (broad SMARTS) is 1. The summed E-state index contributed by atoms with van der Waals surface area (Å²) >= 11 is 0. The van der Waals surface area contributed by atoms with Gasteiger partial charge in [0.1, 0.15) is 0 Å². The van der Waals surface area contributed by atoms with Gasteiger partial charge in [0.15, 0.2) is 0 Å². The highest BCUT2D eigenvalue weighted by Crippen LogP contribution is 2.24. The van der Waals surface area contributed by atoms with Gasteiger partial charge in [-0.15, -0.1) is 0 Å². The number of hydrogen-bond donors (Lipinski definition) is 2. The Labute approximate surface area is 155 Å². The molecule has 0 aromatic heterocycles. The third-order valence-corrected chi connectivity index (χ3v) is 5.56. The first-order valence-corrected chi connectivity index (χ1v) is 9.60. The monoisotopic (exact) mass is 359 g/mol. The molecule has 0 bridgehead atoms. The van der Waals surface area contributed by atoms with Gasteiger partial charge >= 0.3 is 12.0 Å². The van der Waals surface area contributed by atoms with Crippen LogP contribution in [0.4, 0.5) is 4.79 Å². The van der Waals surface area contributed by atoms with Crippen molar-refractivity contribution < 1.29 is 14.7 Å². The van der Waals surface area contributed by atoms with E-state index in [-0.39, 0.29) is 24.5 Å². The third-order valence-electron chi connectivity index (χ3n) is 5.56. The molecule has 2 heterocycles. The first-order chi connectivity index (χ1) is 12.5. The molecule has 0 aliphatic carbocycles. The van der Waals surface area contributed by atoms with E-state index in [1.807, 2.05) is 35.2 Å². The Morgan fingerprint density at radius 1 is 1.27 bits per heavy atom. The maximum absolute atomic E-state index is 12.9. The predicted molar refractivity (Wildman–Crippen MR) is 100 cm³/mol. The molecule has 142 valence electrons. The maximum Gasteiger partial charge on any atom is 0.317 e. The number of amides is 2. The van der Waals surface area contributed by atoms with E-state index < -0.39 is 5.97 Å². The minimum Gasteiger partial charge on any atom is -0.481 e. The summed E-state index contributed by atoms with van der Waals surface area (Å²) in [5, 5.41) is 12.1. The van der Waals surface area contributed by atoms with Crippen molar-refractivity contribution in [2.75, 3.05) is 19.6 Å². The van der Waals surface area contributed by atoms with E-state index in [2.05, 4.69) is 17.1 Å². The van der Waals surface area contributed by atoms with Crippen LogP contribution < -0.4 is 5.32 Å². The lowest BCUT2D eigenvalue weighted by Crippen LogP contribution is -2.60. The average molecular weight is 359 g/mol. The first kappa shape index (κ1) is 18.7. The molecule has 0 saturated carbocycles. The number of piperazine rings is 1. The van der Waals surface area contributed by atoms with E-state index in [4.69, 9.17) is 5.11 Å². The second-order valence-electron chi connectivity index (χ2n) is 7.56. The molecule has 3 atom stereocenters. The van der Waals surface area contributed by atoms with E-state index in [1.54, 1.807) is 0 Å². The number of rotatable bonds is 6. The van der Waals surface area contributed by atoms with Crippen molar-refractivity contribution in [1.29, 1.82) is 0 Å². The zero-order chi connectivity index (χ0) is 18.5. The SMILES string of the molecule is CC1CN2CCCC2CN1C(=O)NC(CCC(=O)O)Cc1ccccc1. The number of carbonyl (C=O) groups is 2. The van der Waals surface area contributed by atoms with Crippen LogP contribution in [-0.2, 0) is 11.2 Å². The summed E-state index contributed by atoms with van der Waals surface area (Å²) in [6.07, 6.45) is 3.51. The third kappa shape index (κ3) is 4.75. The zero-order valence-corrected chi connectivity index (χ0v) is 15.4.